The second kappa shape index (κ2) is 4.33. The minimum absolute atomic E-state index is 0.749. The van der Waals surface area contributed by atoms with Crippen LogP contribution >= 0.6 is 27.3 Å². The minimum Gasteiger partial charge on any atom is -0.398 e. The lowest BCUT2D eigenvalue weighted by Crippen LogP contribution is -1.88. The van der Waals surface area contributed by atoms with Crippen molar-refractivity contribution in [3.8, 4) is 11.3 Å². The standard InChI is InChI=1S/C11H11BrN2S/c1-2-11-14-10(6-15-11)7-3-4-8(12)9(13)5-7/h3-6H,2,13H2,1H3. The number of hydrogen-bond acceptors (Lipinski definition) is 3. The Morgan fingerprint density at radius 3 is 2.87 bits per heavy atom. The molecule has 4 heteroatoms. The van der Waals surface area contributed by atoms with Crippen LogP contribution in [0.4, 0.5) is 5.69 Å². The van der Waals surface area contributed by atoms with E-state index in [1.807, 2.05) is 18.2 Å². The van der Waals surface area contributed by atoms with Gasteiger partial charge in [-0.1, -0.05) is 13.0 Å². The van der Waals surface area contributed by atoms with Gasteiger partial charge in [-0.15, -0.1) is 11.3 Å². The molecular weight excluding hydrogens is 272 g/mol. The molecule has 2 aromatic rings. The van der Waals surface area contributed by atoms with Gasteiger partial charge in [0.05, 0.1) is 10.7 Å². The van der Waals surface area contributed by atoms with Crippen LogP contribution in [0.25, 0.3) is 11.3 Å². The van der Waals surface area contributed by atoms with Crippen LogP contribution in [0.1, 0.15) is 11.9 Å². The zero-order chi connectivity index (χ0) is 10.8. The highest BCUT2D eigenvalue weighted by Crippen LogP contribution is 2.27. The van der Waals surface area contributed by atoms with E-state index in [1.165, 1.54) is 0 Å². The second-order valence-electron chi connectivity index (χ2n) is 3.22. The number of nitrogens with two attached hydrogens (primary N) is 1. The number of nitrogen functional groups attached to an aromatic ring is 1. The Hall–Kier alpha value is -0.870. The maximum Gasteiger partial charge on any atom is 0.0929 e. The molecule has 2 rings (SSSR count). The Labute approximate surface area is 101 Å². The molecule has 0 unspecified atom stereocenters. The molecule has 0 aliphatic carbocycles. The molecular formula is C11H11BrN2S. The number of aromatic nitrogens is 1. The van der Waals surface area contributed by atoms with Crippen LogP contribution in [0.2, 0.25) is 0 Å². The van der Waals surface area contributed by atoms with Gasteiger partial charge in [-0.2, -0.15) is 0 Å². The van der Waals surface area contributed by atoms with Gasteiger partial charge in [0.25, 0.3) is 0 Å². The van der Waals surface area contributed by atoms with E-state index in [4.69, 9.17) is 5.73 Å². The van der Waals surface area contributed by atoms with E-state index in [2.05, 4.69) is 33.2 Å². The first-order valence-electron chi connectivity index (χ1n) is 4.70. The molecule has 0 saturated carbocycles. The molecule has 0 bridgehead atoms. The second-order valence-corrected chi connectivity index (χ2v) is 5.01. The first-order chi connectivity index (χ1) is 7.20. The van der Waals surface area contributed by atoms with Gasteiger partial charge in [0.2, 0.25) is 0 Å². The van der Waals surface area contributed by atoms with Crippen molar-refractivity contribution in [1.29, 1.82) is 0 Å². The van der Waals surface area contributed by atoms with Gasteiger partial charge in [0.1, 0.15) is 0 Å². The molecule has 1 heterocycles. The molecule has 0 spiro atoms. The fourth-order valence-corrected chi connectivity index (χ4v) is 2.31. The van der Waals surface area contributed by atoms with Crippen molar-refractivity contribution >= 4 is 33.0 Å². The van der Waals surface area contributed by atoms with E-state index in [1.54, 1.807) is 11.3 Å². The zero-order valence-electron chi connectivity index (χ0n) is 8.33. The van der Waals surface area contributed by atoms with Crippen molar-refractivity contribution in [3.63, 3.8) is 0 Å². The molecule has 0 aliphatic heterocycles. The molecule has 0 atom stereocenters. The van der Waals surface area contributed by atoms with Crippen molar-refractivity contribution in [2.24, 2.45) is 0 Å². The first kappa shape index (κ1) is 10.6. The predicted molar refractivity (Wildman–Crippen MR) is 69.0 cm³/mol. The summed E-state index contributed by atoms with van der Waals surface area (Å²) in [6.45, 7) is 2.11. The quantitative estimate of drug-likeness (QED) is 0.853. The Morgan fingerprint density at radius 2 is 2.27 bits per heavy atom. The van der Waals surface area contributed by atoms with Crippen molar-refractivity contribution in [2.45, 2.75) is 13.3 Å². The summed E-state index contributed by atoms with van der Waals surface area (Å²) in [5.41, 5.74) is 8.66. The number of nitrogens with zero attached hydrogens (tertiary/aromatic N) is 1. The highest BCUT2D eigenvalue weighted by Gasteiger charge is 2.04. The first-order valence-corrected chi connectivity index (χ1v) is 6.37. The minimum atomic E-state index is 0.749. The predicted octanol–water partition coefficient (Wildman–Crippen LogP) is 3.72. The molecule has 0 amide bonds. The molecule has 0 aliphatic rings. The number of rotatable bonds is 2. The van der Waals surface area contributed by atoms with Crippen molar-refractivity contribution in [1.82, 2.24) is 4.98 Å². The van der Waals surface area contributed by atoms with Crippen molar-refractivity contribution < 1.29 is 0 Å². The Bertz CT molecular complexity index is 479. The summed E-state index contributed by atoms with van der Waals surface area (Å²) in [7, 11) is 0. The molecule has 1 aromatic carbocycles. The highest BCUT2D eigenvalue weighted by atomic mass is 79.9. The number of thiazole rings is 1. The lowest BCUT2D eigenvalue weighted by atomic mass is 10.1. The number of halogens is 1. The number of aryl methyl sites for hydroxylation is 1. The van der Waals surface area contributed by atoms with Crippen molar-refractivity contribution in [3.05, 3.63) is 33.1 Å². The fraction of sp³-hybridized carbons (Fsp3) is 0.182. The van der Waals surface area contributed by atoms with E-state index in [0.717, 1.165) is 32.8 Å². The van der Waals surface area contributed by atoms with Crippen molar-refractivity contribution in [2.75, 3.05) is 5.73 Å². The average Bonchev–Trinajstić information content (AvgIpc) is 2.70. The molecule has 1 aromatic heterocycles. The maximum atomic E-state index is 5.83. The third-order valence-corrected chi connectivity index (χ3v) is 3.86. The van der Waals surface area contributed by atoms with Crippen LogP contribution in [0.15, 0.2) is 28.1 Å². The van der Waals surface area contributed by atoms with Crippen LogP contribution in [-0.2, 0) is 6.42 Å². The van der Waals surface area contributed by atoms with Crippen LogP contribution in [0, 0.1) is 0 Å². The van der Waals surface area contributed by atoms with Crippen LogP contribution in [0.3, 0.4) is 0 Å². The van der Waals surface area contributed by atoms with E-state index in [-0.39, 0.29) is 0 Å². The van der Waals surface area contributed by atoms with E-state index < -0.39 is 0 Å². The lowest BCUT2D eigenvalue weighted by molar-refractivity contribution is 1.10. The Morgan fingerprint density at radius 1 is 1.47 bits per heavy atom. The van der Waals surface area contributed by atoms with Crippen LogP contribution in [0.5, 0.6) is 0 Å². The Kier molecular flexibility index (Phi) is 3.07. The summed E-state index contributed by atoms with van der Waals surface area (Å²) in [5.74, 6) is 0. The van der Waals surface area contributed by atoms with Crippen LogP contribution < -0.4 is 5.73 Å². The van der Waals surface area contributed by atoms with E-state index in [0.29, 0.717) is 0 Å². The van der Waals surface area contributed by atoms with E-state index >= 15 is 0 Å². The largest absolute Gasteiger partial charge is 0.398 e. The number of hydrogen-bond donors (Lipinski definition) is 1. The van der Waals surface area contributed by atoms with Gasteiger partial charge in [0.15, 0.2) is 0 Å². The third kappa shape index (κ3) is 2.21. The smallest absolute Gasteiger partial charge is 0.0929 e. The van der Waals surface area contributed by atoms with Crippen LogP contribution in [-0.4, -0.2) is 4.98 Å². The summed E-state index contributed by atoms with van der Waals surface area (Å²) in [5, 5.41) is 3.23. The van der Waals surface area contributed by atoms with Gasteiger partial charge in [0, 0.05) is 21.1 Å². The van der Waals surface area contributed by atoms with Gasteiger partial charge in [-0.3, -0.25) is 0 Å². The average molecular weight is 283 g/mol. The topological polar surface area (TPSA) is 38.9 Å². The summed E-state index contributed by atoms with van der Waals surface area (Å²) in [6.07, 6.45) is 0.983. The molecule has 15 heavy (non-hydrogen) atoms. The summed E-state index contributed by atoms with van der Waals surface area (Å²) in [6, 6.07) is 5.92. The molecule has 0 saturated heterocycles. The summed E-state index contributed by atoms with van der Waals surface area (Å²) in [4.78, 5) is 4.52. The van der Waals surface area contributed by atoms with Gasteiger partial charge in [-0.05, 0) is 34.5 Å². The zero-order valence-corrected chi connectivity index (χ0v) is 10.7. The molecule has 2 N–H and O–H groups in total. The van der Waals surface area contributed by atoms with Gasteiger partial charge < -0.3 is 5.73 Å². The van der Waals surface area contributed by atoms with Gasteiger partial charge in [-0.25, -0.2) is 4.98 Å². The normalized spacial score (nSPS) is 10.5. The monoisotopic (exact) mass is 282 g/mol. The molecule has 0 fully saturated rings. The molecule has 0 radical (unpaired) electrons. The SMILES string of the molecule is CCc1nc(-c2ccc(Br)c(N)c2)cs1. The third-order valence-electron chi connectivity index (χ3n) is 2.15. The lowest BCUT2D eigenvalue weighted by Gasteiger charge is -2.00. The molecule has 2 nitrogen and oxygen atoms in total. The number of benzene rings is 1. The number of anilines is 1. The van der Waals surface area contributed by atoms with E-state index in [9.17, 15) is 0 Å². The summed E-state index contributed by atoms with van der Waals surface area (Å²) < 4.78 is 0.928. The Balaban J connectivity index is 2.40. The maximum absolute atomic E-state index is 5.83. The highest BCUT2D eigenvalue weighted by molar-refractivity contribution is 9.10. The summed E-state index contributed by atoms with van der Waals surface area (Å²) >= 11 is 5.07. The van der Waals surface area contributed by atoms with Gasteiger partial charge >= 0.3 is 0 Å². The molecule has 78 valence electrons. The fourth-order valence-electron chi connectivity index (χ4n) is 1.31.